The van der Waals surface area contributed by atoms with Gasteiger partial charge in [-0.3, -0.25) is 4.90 Å². The molecule has 1 aromatic carbocycles. The van der Waals surface area contributed by atoms with Gasteiger partial charge in [0, 0.05) is 30.9 Å². The summed E-state index contributed by atoms with van der Waals surface area (Å²) in [5.41, 5.74) is -0.719. The van der Waals surface area contributed by atoms with E-state index in [2.05, 4.69) is 4.90 Å². The zero-order valence-electron chi connectivity index (χ0n) is 11.8. The van der Waals surface area contributed by atoms with Crippen molar-refractivity contribution in [1.29, 1.82) is 0 Å². The predicted molar refractivity (Wildman–Crippen MR) is 72.8 cm³/mol. The Hall–Kier alpha value is -1.30. The molecule has 2 aliphatic heterocycles. The average molecular weight is 302 g/mol. The highest BCUT2D eigenvalue weighted by Gasteiger charge is 2.37. The summed E-state index contributed by atoms with van der Waals surface area (Å²) >= 11 is 0. The number of benzene rings is 1. The van der Waals surface area contributed by atoms with Gasteiger partial charge in [0.1, 0.15) is 5.82 Å². The quantitative estimate of drug-likeness (QED) is 0.732. The van der Waals surface area contributed by atoms with Crippen molar-refractivity contribution in [2.24, 2.45) is 0 Å². The van der Waals surface area contributed by atoms with Crippen LogP contribution in [0.1, 0.15) is 25.3 Å². The van der Waals surface area contributed by atoms with E-state index in [-0.39, 0.29) is 6.04 Å². The Balaban J connectivity index is 1.89. The molecule has 0 aromatic heterocycles. The third kappa shape index (κ3) is 2.73. The topological polar surface area (TPSA) is 6.48 Å². The lowest BCUT2D eigenvalue weighted by Crippen LogP contribution is -2.55. The van der Waals surface area contributed by atoms with Crippen LogP contribution in [0.5, 0.6) is 0 Å². The first-order valence-electron chi connectivity index (χ1n) is 7.23. The van der Waals surface area contributed by atoms with Crippen molar-refractivity contribution >= 4 is 5.69 Å². The first-order valence-corrected chi connectivity index (χ1v) is 7.23. The number of rotatable bonds is 1. The number of nitrogens with zero attached hydrogens (tertiary/aromatic N) is 2. The number of hydrogen-bond acceptors (Lipinski definition) is 2. The van der Waals surface area contributed by atoms with Crippen molar-refractivity contribution in [3.05, 3.63) is 29.6 Å². The summed E-state index contributed by atoms with van der Waals surface area (Å²) in [5.74, 6) is -1.21. The van der Waals surface area contributed by atoms with Gasteiger partial charge in [-0.25, -0.2) is 4.39 Å². The molecule has 0 N–H and O–H groups in total. The molecule has 2 unspecified atom stereocenters. The molecule has 2 atom stereocenters. The van der Waals surface area contributed by atoms with Crippen LogP contribution in [0.2, 0.25) is 0 Å². The molecular formula is C15H18F4N2. The molecule has 2 fully saturated rings. The molecule has 2 aliphatic rings. The highest BCUT2D eigenvalue weighted by molar-refractivity contribution is 5.51. The van der Waals surface area contributed by atoms with Crippen LogP contribution in [0.15, 0.2) is 18.2 Å². The van der Waals surface area contributed by atoms with Crippen molar-refractivity contribution in [2.45, 2.75) is 38.0 Å². The zero-order chi connectivity index (χ0) is 15.2. The molecule has 0 radical (unpaired) electrons. The smallest absolute Gasteiger partial charge is 0.366 e. The van der Waals surface area contributed by atoms with Crippen LogP contribution in [-0.2, 0) is 6.18 Å². The van der Waals surface area contributed by atoms with E-state index in [4.69, 9.17) is 0 Å². The number of fused-ring (bicyclic) bond motifs is 1. The Kier molecular flexibility index (Phi) is 3.59. The van der Waals surface area contributed by atoms with E-state index in [0.717, 1.165) is 38.1 Å². The fourth-order valence-corrected chi connectivity index (χ4v) is 3.46. The number of piperazine rings is 1. The third-order valence-corrected chi connectivity index (χ3v) is 4.52. The maximum atomic E-state index is 13.4. The average Bonchev–Trinajstić information content (AvgIpc) is 2.84. The lowest BCUT2D eigenvalue weighted by atomic mass is 10.1. The number of alkyl halides is 3. The molecule has 0 aliphatic carbocycles. The van der Waals surface area contributed by atoms with Crippen LogP contribution in [-0.4, -0.2) is 36.6 Å². The predicted octanol–water partition coefficient (Wildman–Crippen LogP) is 3.52. The van der Waals surface area contributed by atoms with Crippen LogP contribution < -0.4 is 4.90 Å². The summed E-state index contributed by atoms with van der Waals surface area (Å²) in [6, 6.07) is 3.85. The van der Waals surface area contributed by atoms with Gasteiger partial charge in [-0.2, -0.15) is 13.2 Å². The maximum Gasteiger partial charge on any atom is 0.419 e. The van der Waals surface area contributed by atoms with Crippen LogP contribution in [0.25, 0.3) is 0 Å². The molecule has 0 bridgehead atoms. The molecule has 6 heteroatoms. The van der Waals surface area contributed by atoms with Gasteiger partial charge in [0.25, 0.3) is 0 Å². The number of hydrogen-bond donors (Lipinski definition) is 0. The highest BCUT2D eigenvalue weighted by Crippen LogP contribution is 2.35. The Morgan fingerprint density at radius 2 is 1.95 bits per heavy atom. The zero-order valence-corrected chi connectivity index (χ0v) is 11.8. The van der Waals surface area contributed by atoms with Crippen molar-refractivity contribution < 1.29 is 17.6 Å². The van der Waals surface area contributed by atoms with Crippen LogP contribution >= 0.6 is 0 Å². The monoisotopic (exact) mass is 302 g/mol. The van der Waals surface area contributed by atoms with Gasteiger partial charge < -0.3 is 4.90 Å². The number of anilines is 1. The van der Waals surface area contributed by atoms with E-state index in [0.29, 0.717) is 18.3 Å². The van der Waals surface area contributed by atoms with Crippen LogP contribution in [0, 0.1) is 5.82 Å². The lowest BCUT2D eigenvalue weighted by molar-refractivity contribution is -0.139. The SMILES string of the molecule is CC1CN2CCCC2CN1c1ccc(F)c(C(F)(F)F)c1. The summed E-state index contributed by atoms with van der Waals surface area (Å²) in [6.45, 7) is 4.64. The number of halogens is 4. The van der Waals surface area contributed by atoms with Gasteiger partial charge in [0.05, 0.1) is 5.56 Å². The molecular weight excluding hydrogens is 284 g/mol. The van der Waals surface area contributed by atoms with E-state index < -0.39 is 17.6 Å². The van der Waals surface area contributed by atoms with Crippen molar-refractivity contribution in [3.63, 3.8) is 0 Å². The highest BCUT2D eigenvalue weighted by atomic mass is 19.4. The molecule has 116 valence electrons. The largest absolute Gasteiger partial charge is 0.419 e. The van der Waals surface area contributed by atoms with Crippen LogP contribution in [0.4, 0.5) is 23.2 Å². The molecule has 0 amide bonds. The molecule has 2 heterocycles. The minimum atomic E-state index is -4.65. The van der Waals surface area contributed by atoms with Crippen molar-refractivity contribution in [3.8, 4) is 0 Å². The van der Waals surface area contributed by atoms with Gasteiger partial charge in [-0.15, -0.1) is 0 Å². The first-order chi connectivity index (χ1) is 9.86. The van der Waals surface area contributed by atoms with Gasteiger partial charge in [-0.05, 0) is 44.5 Å². The second-order valence-corrected chi connectivity index (χ2v) is 5.95. The Labute approximate surface area is 121 Å². The first kappa shape index (κ1) is 14.6. The summed E-state index contributed by atoms with van der Waals surface area (Å²) in [4.78, 5) is 4.37. The maximum absolute atomic E-state index is 13.4. The Bertz CT molecular complexity index is 529. The second-order valence-electron chi connectivity index (χ2n) is 5.95. The molecule has 2 saturated heterocycles. The van der Waals surface area contributed by atoms with Gasteiger partial charge in [0.2, 0.25) is 0 Å². The summed E-state index contributed by atoms with van der Waals surface area (Å²) in [6.07, 6.45) is -2.43. The van der Waals surface area contributed by atoms with E-state index in [1.165, 1.54) is 6.07 Å². The standard InChI is InChI=1S/C15H18F4N2/c1-10-8-20-6-2-3-12(20)9-21(10)11-4-5-14(16)13(7-11)15(17,18)19/h4-5,7,10,12H,2-3,6,8-9H2,1H3. The Morgan fingerprint density at radius 3 is 2.67 bits per heavy atom. The molecule has 0 saturated carbocycles. The van der Waals surface area contributed by atoms with Gasteiger partial charge >= 0.3 is 6.18 Å². The molecule has 1 aromatic rings. The molecule has 21 heavy (non-hydrogen) atoms. The van der Waals surface area contributed by atoms with E-state index in [9.17, 15) is 17.6 Å². The summed E-state index contributed by atoms with van der Waals surface area (Å²) in [7, 11) is 0. The molecule has 2 nitrogen and oxygen atoms in total. The fraction of sp³-hybridized carbons (Fsp3) is 0.600. The normalized spacial score (nSPS) is 27.0. The fourth-order valence-electron chi connectivity index (χ4n) is 3.46. The van der Waals surface area contributed by atoms with Gasteiger partial charge in [-0.1, -0.05) is 0 Å². The summed E-state index contributed by atoms with van der Waals surface area (Å²) < 4.78 is 51.9. The van der Waals surface area contributed by atoms with Crippen LogP contribution in [0.3, 0.4) is 0 Å². The van der Waals surface area contributed by atoms with E-state index in [1.807, 2.05) is 11.8 Å². The van der Waals surface area contributed by atoms with E-state index >= 15 is 0 Å². The minimum Gasteiger partial charge on any atom is -0.366 e. The third-order valence-electron chi connectivity index (χ3n) is 4.52. The van der Waals surface area contributed by atoms with E-state index in [1.54, 1.807) is 0 Å². The lowest BCUT2D eigenvalue weighted by Gasteiger charge is -2.43. The Morgan fingerprint density at radius 1 is 1.19 bits per heavy atom. The summed E-state index contributed by atoms with van der Waals surface area (Å²) in [5, 5.41) is 0. The van der Waals surface area contributed by atoms with Gasteiger partial charge in [0.15, 0.2) is 0 Å². The molecule has 0 spiro atoms. The minimum absolute atomic E-state index is 0.130. The van der Waals surface area contributed by atoms with Crippen molar-refractivity contribution in [1.82, 2.24) is 4.90 Å². The second kappa shape index (κ2) is 5.16. The van der Waals surface area contributed by atoms with Crippen molar-refractivity contribution in [2.75, 3.05) is 24.5 Å². The molecule has 3 rings (SSSR count).